The molecule has 4 rings (SSSR count). The van der Waals surface area contributed by atoms with Crippen molar-refractivity contribution in [3.63, 3.8) is 0 Å². The molecule has 0 aliphatic carbocycles. The molecule has 1 N–H and O–H groups in total. The number of nitrogens with one attached hydrogen (secondary N) is 1. The van der Waals surface area contributed by atoms with Gasteiger partial charge in [-0.1, -0.05) is 24.3 Å². The molecule has 28 heavy (non-hydrogen) atoms. The van der Waals surface area contributed by atoms with Crippen molar-refractivity contribution < 1.29 is 14.3 Å². The number of hydrogen-bond acceptors (Lipinski definition) is 5. The van der Waals surface area contributed by atoms with Crippen LogP contribution in [0.5, 0.6) is 5.75 Å². The van der Waals surface area contributed by atoms with Gasteiger partial charge in [0.2, 0.25) is 11.8 Å². The molecule has 0 saturated carbocycles. The number of nitrogens with zero attached hydrogens (tertiary/aromatic N) is 2. The van der Waals surface area contributed by atoms with Crippen molar-refractivity contribution >= 4 is 35.0 Å². The van der Waals surface area contributed by atoms with E-state index in [1.54, 1.807) is 7.11 Å². The summed E-state index contributed by atoms with van der Waals surface area (Å²) >= 11 is 1.47. The minimum absolute atomic E-state index is 0.0340. The largest absolute Gasteiger partial charge is 0.495 e. The second-order valence-electron chi connectivity index (χ2n) is 6.84. The number of ether oxygens (including phenoxy) is 1. The number of methoxy groups -OCH3 is 1. The molecular formula is C21H23N3O3S. The number of rotatable bonds is 4. The lowest BCUT2D eigenvalue weighted by atomic mass is 10.2. The van der Waals surface area contributed by atoms with Crippen LogP contribution in [0.25, 0.3) is 0 Å². The summed E-state index contributed by atoms with van der Waals surface area (Å²) in [6, 6.07) is 15.6. The molecule has 7 heteroatoms. The first-order chi connectivity index (χ1) is 13.7. The lowest BCUT2D eigenvalue weighted by molar-refractivity contribution is -0.132. The number of amides is 2. The normalized spacial score (nSPS) is 19.0. The van der Waals surface area contributed by atoms with E-state index in [9.17, 15) is 9.59 Å². The Bertz CT molecular complexity index is 881. The number of hydrogen-bond donors (Lipinski definition) is 1. The van der Waals surface area contributed by atoms with Crippen LogP contribution in [0.1, 0.15) is 6.42 Å². The molecular weight excluding hydrogens is 374 g/mol. The Labute approximate surface area is 168 Å². The van der Waals surface area contributed by atoms with Crippen molar-refractivity contribution in [2.24, 2.45) is 0 Å². The molecule has 0 radical (unpaired) electrons. The van der Waals surface area contributed by atoms with Gasteiger partial charge in [0.1, 0.15) is 5.75 Å². The fourth-order valence-corrected chi connectivity index (χ4v) is 4.70. The number of thioether (sulfide) groups is 1. The van der Waals surface area contributed by atoms with E-state index >= 15 is 0 Å². The van der Waals surface area contributed by atoms with Crippen LogP contribution < -0.4 is 15.0 Å². The molecule has 2 amide bonds. The zero-order valence-electron chi connectivity index (χ0n) is 15.8. The van der Waals surface area contributed by atoms with E-state index in [0.29, 0.717) is 13.1 Å². The van der Waals surface area contributed by atoms with Crippen LogP contribution >= 0.6 is 11.8 Å². The molecule has 2 aromatic rings. The molecule has 1 atom stereocenters. The molecule has 0 spiro atoms. The van der Waals surface area contributed by atoms with Crippen LogP contribution in [0.3, 0.4) is 0 Å². The predicted octanol–water partition coefficient (Wildman–Crippen LogP) is 2.85. The van der Waals surface area contributed by atoms with Crippen molar-refractivity contribution in [1.82, 2.24) is 4.90 Å². The minimum Gasteiger partial charge on any atom is -0.495 e. The SMILES string of the molecule is COc1ccccc1N1CCN(C(=O)CC2Sc3ccccc3NC2=O)CC1. The maximum absolute atomic E-state index is 12.8. The molecule has 0 aromatic heterocycles. The van der Waals surface area contributed by atoms with Crippen LogP contribution in [-0.4, -0.2) is 55.3 Å². The molecule has 1 fully saturated rings. The summed E-state index contributed by atoms with van der Waals surface area (Å²) in [5, 5.41) is 2.53. The Kier molecular flexibility index (Phi) is 5.43. The molecule has 2 aliphatic rings. The predicted molar refractivity (Wildman–Crippen MR) is 111 cm³/mol. The Morgan fingerprint density at radius 3 is 2.61 bits per heavy atom. The number of para-hydroxylation sites is 3. The van der Waals surface area contributed by atoms with Crippen LogP contribution in [0.4, 0.5) is 11.4 Å². The van der Waals surface area contributed by atoms with Crippen molar-refractivity contribution in [2.45, 2.75) is 16.6 Å². The average molecular weight is 398 g/mol. The molecule has 2 aromatic carbocycles. The average Bonchev–Trinajstić information content (AvgIpc) is 2.74. The standard InChI is InChI=1S/C21H23N3O3S/c1-27-17-8-4-3-7-16(17)23-10-12-24(13-11-23)20(25)14-19-21(26)22-15-6-2-5-9-18(15)28-19/h2-9,19H,10-14H2,1H3,(H,22,26). The highest BCUT2D eigenvalue weighted by Gasteiger charge is 2.31. The van der Waals surface area contributed by atoms with E-state index in [2.05, 4.69) is 10.2 Å². The molecule has 0 bridgehead atoms. The second kappa shape index (κ2) is 8.14. The van der Waals surface area contributed by atoms with Gasteiger partial charge in [-0.15, -0.1) is 11.8 Å². The van der Waals surface area contributed by atoms with Gasteiger partial charge in [-0.25, -0.2) is 0 Å². The number of benzene rings is 2. The van der Waals surface area contributed by atoms with E-state index in [-0.39, 0.29) is 23.5 Å². The first-order valence-electron chi connectivity index (χ1n) is 9.38. The maximum Gasteiger partial charge on any atom is 0.238 e. The van der Waals surface area contributed by atoms with Gasteiger partial charge in [0.15, 0.2) is 0 Å². The maximum atomic E-state index is 12.8. The lowest BCUT2D eigenvalue weighted by Gasteiger charge is -2.37. The molecule has 6 nitrogen and oxygen atoms in total. The van der Waals surface area contributed by atoms with E-state index < -0.39 is 0 Å². The van der Waals surface area contributed by atoms with E-state index in [0.717, 1.165) is 35.1 Å². The summed E-state index contributed by atoms with van der Waals surface area (Å²) in [6.45, 7) is 2.79. The first-order valence-corrected chi connectivity index (χ1v) is 10.3. The summed E-state index contributed by atoms with van der Waals surface area (Å²) < 4.78 is 5.44. The summed E-state index contributed by atoms with van der Waals surface area (Å²) in [4.78, 5) is 30.3. The summed E-state index contributed by atoms with van der Waals surface area (Å²) in [5.41, 5.74) is 1.88. The van der Waals surface area contributed by atoms with Gasteiger partial charge in [0.25, 0.3) is 0 Å². The number of fused-ring (bicyclic) bond motifs is 1. The minimum atomic E-state index is -0.380. The van der Waals surface area contributed by atoms with Gasteiger partial charge >= 0.3 is 0 Å². The van der Waals surface area contributed by atoms with Gasteiger partial charge in [-0.3, -0.25) is 9.59 Å². The second-order valence-corrected chi connectivity index (χ2v) is 8.08. The van der Waals surface area contributed by atoms with Crippen LogP contribution in [0.15, 0.2) is 53.4 Å². The highest BCUT2D eigenvalue weighted by atomic mass is 32.2. The fraction of sp³-hybridized carbons (Fsp3) is 0.333. The smallest absolute Gasteiger partial charge is 0.238 e. The highest BCUT2D eigenvalue weighted by molar-refractivity contribution is 8.01. The van der Waals surface area contributed by atoms with Crippen LogP contribution in [0, 0.1) is 0 Å². The van der Waals surface area contributed by atoms with E-state index in [1.165, 1.54) is 11.8 Å². The topological polar surface area (TPSA) is 61.9 Å². The van der Waals surface area contributed by atoms with Crippen molar-refractivity contribution in [2.75, 3.05) is 43.5 Å². The van der Waals surface area contributed by atoms with Crippen molar-refractivity contribution in [3.8, 4) is 5.75 Å². The van der Waals surface area contributed by atoms with Gasteiger partial charge in [-0.05, 0) is 24.3 Å². The summed E-state index contributed by atoms with van der Waals surface area (Å²) in [7, 11) is 1.67. The molecule has 2 aliphatic heterocycles. The van der Waals surface area contributed by atoms with Gasteiger partial charge in [-0.2, -0.15) is 0 Å². The Balaban J connectivity index is 1.35. The van der Waals surface area contributed by atoms with Crippen molar-refractivity contribution in [1.29, 1.82) is 0 Å². The molecule has 2 heterocycles. The fourth-order valence-electron chi connectivity index (χ4n) is 3.60. The zero-order valence-corrected chi connectivity index (χ0v) is 16.6. The van der Waals surface area contributed by atoms with Gasteiger partial charge in [0, 0.05) is 37.5 Å². The van der Waals surface area contributed by atoms with Crippen LogP contribution in [0.2, 0.25) is 0 Å². The monoisotopic (exact) mass is 397 g/mol. The number of piperazine rings is 1. The van der Waals surface area contributed by atoms with Crippen molar-refractivity contribution in [3.05, 3.63) is 48.5 Å². The summed E-state index contributed by atoms with van der Waals surface area (Å²) in [5.74, 6) is 0.785. The third-order valence-electron chi connectivity index (χ3n) is 5.12. The summed E-state index contributed by atoms with van der Waals surface area (Å²) in [6.07, 6.45) is 0.222. The van der Waals surface area contributed by atoms with Gasteiger partial charge in [0.05, 0.1) is 23.7 Å². The van der Waals surface area contributed by atoms with E-state index in [4.69, 9.17) is 4.74 Å². The number of anilines is 2. The number of carbonyl (C=O) groups excluding carboxylic acids is 2. The zero-order chi connectivity index (χ0) is 19.5. The molecule has 146 valence electrons. The molecule has 1 saturated heterocycles. The highest BCUT2D eigenvalue weighted by Crippen LogP contribution is 2.37. The quantitative estimate of drug-likeness (QED) is 0.860. The number of carbonyl (C=O) groups is 2. The Morgan fingerprint density at radius 2 is 1.82 bits per heavy atom. The first kappa shape index (κ1) is 18.7. The Morgan fingerprint density at radius 1 is 1.11 bits per heavy atom. The van der Waals surface area contributed by atoms with Crippen LogP contribution in [-0.2, 0) is 9.59 Å². The Hall–Kier alpha value is -2.67. The van der Waals surface area contributed by atoms with Gasteiger partial charge < -0.3 is 19.9 Å². The molecule has 1 unspecified atom stereocenters. The lowest BCUT2D eigenvalue weighted by Crippen LogP contribution is -2.49. The third-order valence-corrected chi connectivity index (χ3v) is 6.40. The van der Waals surface area contributed by atoms with E-state index in [1.807, 2.05) is 53.4 Å². The third kappa shape index (κ3) is 3.80.